The van der Waals surface area contributed by atoms with Crippen molar-refractivity contribution in [2.75, 3.05) is 32.8 Å². The van der Waals surface area contributed by atoms with Gasteiger partial charge in [0.05, 0.1) is 12.6 Å². The van der Waals surface area contributed by atoms with Crippen molar-refractivity contribution in [3.63, 3.8) is 0 Å². The second-order valence-electron chi connectivity index (χ2n) is 7.07. The van der Waals surface area contributed by atoms with Gasteiger partial charge in [-0.15, -0.1) is 0 Å². The summed E-state index contributed by atoms with van der Waals surface area (Å²) in [5.41, 5.74) is 0.722. The van der Waals surface area contributed by atoms with Crippen LogP contribution < -0.4 is 5.32 Å². The quantitative estimate of drug-likeness (QED) is 0.633. The van der Waals surface area contributed by atoms with Gasteiger partial charge in [-0.25, -0.2) is 4.39 Å². The van der Waals surface area contributed by atoms with Gasteiger partial charge in [0.2, 0.25) is 0 Å². The first-order valence-corrected chi connectivity index (χ1v) is 9.58. The minimum Gasteiger partial charge on any atom is -0.378 e. The first-order chi connectivity index (χ1) is 12.2. The van der Waals surface area contributed by atoms with Gasteiger partial charge in [-0.1, -0.05) is 18.2 Å². The Morgan fingerprint density at radius 2 is 2.00 bits per heavy atom. The molecule has 0 aromatic heterocycles. The number of hydrogen-bond donors (Lipinski definition) is 1. The van der Waals surface area contributed by atoms with Gasteiger partial charge in [0, 0.05) is 31.7 Å². The van der Waals surface area contributed by atoms with E-state index in [1.165, 1.54) is 0 Å². The zero-order chi connectivity index (χ0) is 17.7. The third kappa shape index (κ3) is 4.32. The molecule has 1 aromatic carbocycles. The van der Waals surface area contributed by atoms with Gasteiger partial charge in [0.1, 0.15) is 5.82 Å². The molecule has 1 aliphatic carbocycles. The number of benzene rings is 1. The van der Waals surface area contributed by atoms with Gasteiger partial charge in [0.15, 0.2) is 5.96 Å². The minimum absolute atomic E-state index is 0.0993. The van der Waals surface area contributed by atoms with Crippen molar-refractivity contribution in [3.8, 4) is 0 Å². The minimum atomic E-state index is -0.102. The first-order valence-electron chi connectivity index (χ1n) is 9.58. The zero-order valence-corrected chi connectivity index (χ0v) is 15.4. The summed E-state index contributed by atoms with van der Waals surface area (Å²) in [6.45, 7) is 8.34. The summed E-state index contributed by atoms with van der Waals surface area (Å²) in [5, 5.41) is 3.41. The van der Waals surface area contributed by atoms with Gasteiger partial charge in [-0.05, 0) is 51.2 Å². The largest absolute Gasteiger partial charge is 0.378 e. The summed E-state index contributed by atoms with van der Waals surface area (Å²) in [6, 6.07) is 7.15. The molecule has 0 amide bonds. The van der Waals surface area contributed by atoms with Crippen LogP contribution in [0.4, 0.5) is 4.39 Å². The lowest BCUT2D eigenvalue weighted by Crippen LogP contribution is -2.47. The van der Waals surface area contributed by atoms with E-state index in [9.17, 15) is 4.39 Å². The van der Waals surface area contributed by atoms with Crippen LogP contribution in [0.15, 0.2) is 29.3 Å². The lowest BCUT2D eigenvalue weighted by Gasteiger charge is -2.34. The highest BCUT2D eigenvalue weighted by Crippen LogP contribution is 2.49. The van der Waals surface area contributed by atoms with Crippen LogP contribution in [0.1, 0.15) is 45.1 Å². The van der Waals surface area contributed by atoms with Crippen molar-refractivity contribution < 1.29 is 9.13 Å². The SMILES string of the molecule is CCNC(=NCC1(c2ccccc2F)CC1)N1CCC(OCC)CC1. The Kier molecular flexibility index (Phi) is 5.94. The Bertz CT molecular complexity index is 592. The Morgan fingerprint density at radius 1 is 1.28 bits per heavy atom. The van der Waals surface area contributed by atoms with Crippen molar-refractivity contribution >= 4 is 5.96 Å². The number of likely N-dealkylation sites (tertiary alicyclic amines) is 1. The highest BCUT2D eigenvalue weighted by Gasteiger charge is 2.46. The maximum absolute atomic E-state index is 14.2. The number of halogens is 1. The first kappa shape index (κ1) is 18.2. The van der Waals surface area contributed by atoms with E-state index in [0.29, 0.717) is 12.6 Å². The maximum atomic E-state index is 14.2. The number of nitrogens with zero attached hydrogens (tertiary/aromatic N) is 2. The predicted molar refractivity (Wildman–Crippen MR) is 99.5 cm³/mol. The van der Waals surface area contributed by atoms with Crippen LogP contribution in [0, 0.1) is 5.82 Å². The maximum Gasteiger partial charge on any atom is 0.193 e. The third-order valence-electron chi connectivity index (χ3n) is 5.31. The lowest BCUT2D eigenvalue weighted by molar-refractivity contribution is 0.0263. The molecule has 0 atom stereocenters. The fraction of sp³-hybridized carbons (Fsp3) is 0.650. The van der Waals surface area contributed by atoms with E-state index in [2.05, 4.69) is 24.1 Å². The molecular weight excluding hydrogens is 317 g/mol. The van der Waals surface area contributed by atoms with Crippen molar-refractivity contribution in [2.45, 2.75) is 51.0 Å². The monoisotopic (exact) mass is 347 g/mol. The molecule has 0 bridgehead atoms. The molecule has 0 radical (unpaired) electrons. The number of nitrogens with one attached hydrogen (secondary N) is 1. The molecule has 4 nitrogen and oxygen atoms in total. The number of piperidine rings is 1. The lowest BCUT2D eigenvalue weighted by atomic mass is 9.95. The van der Waals surface area contributed by atoms with E-state index >= 15 is 0 Å². The highest BCUT2D eigenvalue weighted by atomic mass is 19.1. The van der Waals surface area contributed by atoms with E-state index in [1.807, 2.05) is 12.1 Å². The topological polar surface area (TPSA) is 36.9 Å². The van der Waals surface area contributed by atoms with E-state index < -0.39 is 0 Å². The smallest absolute Gasteiger partial charge is 0.193 e. The third-order valence-corrected chi connectivity index (χ3v) is 5.31. The second kappa shape index (κ2) is 8.17. The van der Waals surface area contributed by atoms with Crippen LogP contribution in [-0.4, -0.2) is 49.7 Å². The Morgan fingerprint density at radius 3 is 2.60 bits per heavy atom. The molecule has 1 saturated heterocycles. The van der Waals surface area contributed by atoms with Crippen molar-refractivity contribution in [3.05, 3.63) is 35.6 Å². The van der Waals surface area contributed by atoms with Gasteiger partial charge in [-0.2, -0.15) is 0 Å². The number of guanidine groups is 1. The fourth-order valence-corrected chi connectivity index (χ4v) is 3.68. The normalized spacial score (nSPS) is 20.6. The molecule has 1 N–H and O–H groups in total. The molecule has 2 fully saturated rings. The van der Waals surface area contributed by atoms with Crippen molar-refractivity contribution in [2.24, 2.45) is 4.99 Å². The standard InChI is InChI=1S/C20H30FN3O/c1-3-22-19(24-13-9-16(10-14-24)25-4-2)23-15-20(11-12-20)17-7-5-6-8-18(17)21/h5-8,16H,3-4,9-15H2,1-2H3,(H,22,23). The Hall–Kier alpha value is -1.62. The molecule has 5 heteroatoms. The molecule has 138 valence electrons. The summed E-state index contributed by atoms with van der Waals surface area (Å²) < 4.78 is 19.9. The number of rotatable bonds is 6. The summed E-state index contributed by atoms with van der Waals surface area (Å²) in [7, 11) is 0. The average Bonchev–Trinajstić information content (AvgIpc) is 3.41. The molecule has 1 heterocycles. The van der Waals surface area contributed by atoms with Gasteiger partial charge < -0.3 is 15.0 Å². The van der Waals surface area contributed by atoms with Crippen molar-refractivity contribution in [1.82, 2.24) is 10.2 Å². The number of aliphatic imine (C=N–C) groups is 1. The van der Waals surface area contributed by atoms with Gasteiger partial charge >= 0.3 is 0 Å². The van der Waals surface area contributed by atoms with E-state index in [0.717, 1.165) is 63.4 Å². The number of ether oxygens (including phenoxy) is 1. The van der Waals surface area contributed by atoms with E-state index in [4.69, 9.17) is 9.73 Å². The summed E-state index contributed by atoms with van der Waals surface area (Å²) >= 11 is 0. The van der Waals surface area contributed by atoms with E-state index in [1.54, 1.807) is 12.1 Å². The molecule has 1 aromatic rings. The molecular formula is C20H30FN3O. The molecule has 2 aliphatic rings. The summed E-state index contributed by atoms with van der Waals surface area (Å²) in [4.78, 5) is 7.20. The number of hydrogen-bond acceptors (Lipinski definition) is 2. The van der Waals surface area contributed by atoms with Crippen LogP contribution >= 0.6 is 0 Å². The highest BCUT2D eigenvalue weighted by molar-refractivity contribution is 5.80. The molecule has 0 spiro atoms. The molecule has 0 unspecified atom stereocenters. The van der Waals surface area contributed by atoms with Crippen LogP contribution in [0.3, 0.4) is 0 Å². The Labute approximate surface area is 150 Å². The van der Waals surface area contributed by atoms with Crippen LogP contribution in [0.25, 0.3) is 0 Å². The van der Waals surface area contributed by atoms with Crippen LogP contribution in [0.2, 0.25) is 0 Å². The van der Waals surface area contributed by atoms with E-state index in [-0.39, 0.29) is 11.2 Å². The summed E-state index contributed by atoms with van der Waals surface area (Å²) in [6.07, 6.45) is 4.48. The molecule has 3 rings (SSSR count). The van der Waals surface area contributed by atoms with Gasteiger partial charge in [-0.3, -0.25) is 4.99 Å². The summed E-state index contributed by atoms with van der Waals surface area (Å²) in [5.74, 6) is 0.859. The molecule has 1 aliphatic heterocycles. The van der Waals surface area contributed by atoms with Gasteiger partial charge in [0.25, 0.3) is 0 Å². The van der Waals surface area contributed by atoms with Crippen molar-refractivity contribution in [1.29, 1.82) is 0 Å². The molecule has 1 saturated carbocycles. The predicted octanol–water partition coefficient (Wildman–Crippen LogP) is 3.32. The van der Waals surface area contributed by atoms with Crippen LogP contribution in [-0.2, 0) is 10.2 Å². The second-order valence-corrected chi connectivity index (χ2v) is 7.07. The van der Waals surface area contributed by atoms with Crippen LogP contribution in [0.5, 0.6) is 0 Å². The fourth-order valence-electron chi connectivity index (χ4n) is 3.68. The Balaban J connectivity index is 1.66. The zero-order valence-electron chi connectivity index (χ0n) is 15.4. The average molecular weight is 347 g/mol. The molecule has 25 heavy (non-hydrogen) atoms.